The van der Waals surface area contributed by atoms with Crippen LogP contribution in [0.1, 0.15) is 6.92 Å². The molecule has 0 aliphatic carbocycles. The summed E-state index contributed by atoms with van der Waals surface area (Å²) in [6.45, 7) is 3.01. The van der Waals surface area contributed by atoms with E-state index >= 15 is 0 Å². The molecule has 2 rings (SSSR count). The second-order valence-corrected chi connectivity index (χ2v) is 4.64. The number of hydrogen-bond donors (Lipinski definition) is 3. The van der Waals surface area contributed by atoms with Gasteiger partial charge in [0.1, 0.15) is 6.04 Å². The molecule has 3 N–H and O–H groups in total. The molecule has 0 saturated carbocycles. The van der Waals surface area contributed by atoms with Gasteiger partial charge < -0.3 is 20.7 Å². The highest BCUT2D eigenvalue weighted by Crippen LogP contribution is 2.05. The second kappa shape index (κ2) is 8.61. The van der Waals surface area contributed by atoms with Crippen LogP contribution in [0.4, 0.5) is 5.69 Å². The van der Waals surface area contributed by atoms with E-state index in [0.29, 0.717) is 18.8 Å². The zero-order chi connectivity index (χ0) is 14.4. The zero-order valence-electron chi connectivity index (χ0n) is 11.8. The average molecular weight is 314 g/mol. The predicted molar refractivity (Wildman–Crippen MR) is 82.5 cm³/mol. The molecule has 1 aromatic rings. The fourth-order valence-corrected chi connectivity index (χ4v) is 2.03. The molecular formula is C14H20ClN3O3. The molecule has 1 heterocycles. The molecule has 0 spiro atoms. The number of ether oxygens (including phenoxy) is 1. The SMILES string of the molecule is C[C@H]1OCCN[C@@H]1C(=O)NCC(=O)Nc1ccccc1.Cl. The fraction of sp³-hybridized carbons (Fsp3) is 0.429. The lowest BCUT2D eigenvalue weighted by Crippen LogP contribution is -2.56. The van der Waals surface area contributed by atoms with Crippen LogP contribution in [0.25, 0.3) is 0 Å². The van der Waals surface area contributed by atoms with Gasteiger partial charge in [-0.3, -0.25) is 9.59 Å². The average Bonchev–Trinajstić information content (AvgIpc) is 2.46. The molecule has 2 atom stereocenters. The van der Waals surface area contributed by atoms with E-state index in [1.807, 2.05) is 25.1 Å². The first-order valence-corrected chi connectivity index (χ1v) is 6.64. The molecule has 0 unspecified atom stereocenters. The van der Waals surface area contributed by atoms with Crippen LogP contribution in [-0.2, 0) is 14.3 Å². The smallest absolute Gasteiger partial charge is 0.243 e. The van der Waals surface area contributed by atoms with Gasteiger partial charge in [-0.1, -0.05) is 18.2 Å². The number of carbonyl (C=O) groups excluding carboxylic acids is 2. The van der Waals surface area contributed by atoms with E-state index in [2.05, 4.69) is 16.0 Å². The lowest BCUT2D eigenvalue weighted by molar-refractivity contribution is -0.130. The van der Waals surface area contributed by atoms with Crippen LogP contribution < -0.4 is 16.0 Å². The third kappa shape index (κ3) is 5.34. The third-order valence-electron chi connectivity index (χ3n) is 3.08. The van der Waals surface area contributed by atoms with E-state index in [-0.39, 0.29) is 36.9 Å². The molecule has 1 aliphatic rings. The first-order chi connectivity index (χ1) is 9.66. The normalized spacial score (nSPS) is 21.0. The maximum absolute atomic E-state index is 11.9. The Labute approximate surface area is 130 Å². The molecule has 1 aromatic carbocycles. The first-order valence-electron chi connectivity index (χ1n) is 6.64. The van der Waals surface area contributed by atoms with Gasteiger partial charge in [-0.05, 0) is 19.1 Å². The standard InChI is InChI=1S/C14H19N3O3.ClH/c1-10-13(15-7-8-20-10)14(19)16-9-12(18)17-11-5-3-2-4-6-11;/h2-6,10,13,15H,7-9H2,1H3,(H,16,19)(H,17,18);1H/t10-,13+;/m1./s1. The quantitative estimate of drug-likeness (QED) is 0.758. The van der Waals surface area contributed by atoms with Gasteiger partial charge in [-0.15, -0.1) is 12.4 Å². The molecule has 0 aromatic heterocycles. The number of amides is 2. The number of anilines is 1. The molecule has 0 radical (unpaired) electrons. The summed E-state index contributed by atoms with van der Waals surface area (Å²) in [5.41, 5.74) is 0.708. The molecular weight excluding hydrogens is 294 g/mol. The van der Waals surface area contributed by atoms with E-state index in [1.54, 1.807) is 12.1 Å². The van der Waals surface area contributed by atoms with Gasteiger partial charge in [0, 0.05) is 12.2 Å². The minimum absolute atomic E-state index is 0. The number of para-hydroxylation sites is 1. The number of hydrogen-bond acceptors (Lipinski definition) is 4. The van der Waals surface area contributed by atoms with Crippen molar-refractivity contribution in [2.24, 2.45) is 0 Å². The van der Waals surface area contributed by atoms with Crippen LogP contribution in [0.2, 0.25) is 0 Å². The van der Waals surface area contributed by atoms with Crippen molar-refractivity contribution in [2.45, 2.75) is 19.1 Å². The van der Waals surface area contributed by atoms with Crippen LogP contribution in [0.15, 0.2) is 30.3 Å². The van der Waals surface area contributed by atoms with Gasteiger partial charge in [0.25, 0.3) is 0 Å². The van der Waals surface area contributed by atoms with Crippen molar-refractivity contribution in [3.05, 3.63) is 30.3 Å². The maximum Gasteiger partial charge on any atom is 0.243 e. The Kier molecular flexibility index (Phi) is 7.14. The number of halogens is 1. The largest absolute Gasteiger partial charge is 0.375 e. The monoisotopic (exact) mass is 313 g/mol. The van der Waals surface area contributed by atoms with Crippen molar-refractivity contribution in [3.8, 4) is 0 Å². The summed E-state index contributed by atoms with van der Waals surface area (Å²) in [6, 6.07) is 8.70. The van der Waals surface area contributed by atoms with Crippen molar-refractivity contribution < 1.29 is 14.3 Å². The van der Waals surface area contributed by atoms with Crippen molar-refractivity contribution in [1.29, 1.82) is 0 Å². The molecule has 2 amide bonds. The molecule has 0 bridgehead atoms. The van der Waals surface area contributed by atoms with Crippen molar-refractivity contribution in [3.63, 3.8) is 0 Å². The third-order valence-corrected chi connectivity index (χ3v) is 3.08. The first kappa shape index (κ1) is 17.4. The molecule has 1 fully saturated rings. The lowest BCUT2D eigenvalue weighted by Gasteiger charge is -2.29. The Morgan fingerprint density at radius 1 is 1.33 bits per heavy atom. The van der Waals surface area contributed by atoms with Gasteiger partial charge in [0.2, 0.25) is 11.8 Å². The maximum atomic E-state index is 11.9. The highest BCUT2D eigenvalue weighted by molar-refractivity contribution is 5.95. The van der Waals surface area contributed by atoms with Crippen LogP contribution in [0.5, 0.6) is 0 Å². The molecule has 6 nitrogen and oxygen atoms in total. The number of rotatable bonds is 4. The van der Waals surface area contributed by atoms with E-state index < -0.39 is 6.04 Å². The van der Waals surface area contributed by atoms with Crippen molar-refractivity contribution >= 4 is 29.9 Å². The highest BCUT2D eigenvalue weighted by Gasteiger charge is 2.28. The lowest BCUT2D eigenvalue weighted by atomic mass is 10.1. The van der Waals surface area contributed by atoms with E-state index in [9.17, 15) is 9.59 Å². The van der Waals surface area contributed by atoms with Gasteiger partial charge in [-0.25, -0.2) is 0 Å². The van der Waals surface area contributed by atoms with Crippen molar-refractivity contribution in [1.82, 2.24) is 10.6 Å². The van der Waals surface area contributed by atoms with Gasteiger partial charge in [0.15, 0.2) is 0 Å². The van der Waals surface area contributed by atoms with E-state index in [4.69, 9.17) is 4.74 Å². The van der Waals surface area contributed by atoms with E-state index in [1.165, 1.54) is 0 Å². The Morgan fingerprint density at radius 2 is 2.05 bits per heavy atom. The Morgan fingerprint density at radius 3 is 2.71 bits per heavy atom. The van der Waals surface area contributed by atoms with Gasteiger partial charge >= 0.3 is 0 Å². The number of benzene rings is 1. The minimum Gasteiger partial charge on any atom is -0.375 e. The number of morpholine rings is 1. The summed E-state index contributed by atoms with van der Waals surface area (Å²) in [5.74, 6) is -0.477. The summed E-state index contributed by atoms with van der Waals surface area (Å²) in [4.78, 5) is 23.6. The van der Waals surface area contributed by atoms with Crippen LogP contribution in [0.3, 0.4) is 0 Å². The topological polar surface area (TPSA) is 79.5 Å². The minimum atomic E-state index is -0.409. The Bertz CT molecular complexity index is 470. The van der Waals surface area contributed by atoms with Crippen LogP contribution in [-0.4, -0.2) is 43.7 Å². The predicted octanol–water partition coefficient (Wildman–Crippen LogP) is 0.540. The summed E-state index contributed by atoms with van der Waals surface area (Å²) < 4.78 is 5.39. The summed E-state index contributed by atoms with van der Waals surface area (Å²) in [7, 11) is 0. The van der Waals surface area contributed by atoms with E-state index in [0.717, 1.165) is 0 Å². The second-order valence-electron chi connectivity index (χ2n) is 4.64. The summed E-state index contributed by atoms with van der Waals surface area (Å²) in [5, 5.41) is 8.39. The Balaban J connectivity index is 0.00000220. The highest BCUT2D eigenvalue weighted by atomic mass is 35.5. The van der Waals surface area contributed by atoms with Crippen LogP contribution in [0, 0.1) is 0 Å². The van der Waals surface area contributed by atoms with Gasteiger partial charge in [-0.2, -0.15) is 0 Å². The van der Waals surface area contributed by atoms with Crippen molar-refractivity contribution in [2.75, 3.05) is 25.0 Å². The number of carbonyl (C=O) groups is 2. The molecule has 1 saturated heterocycles. The molecule has 21 heavy (non-hydrogen) atoms. The molecule has 7 heteroatoms. The summed E-state index contributed by atoms with van der Waals surface area (Å²) in [6.07, 6.45) is -0.194. The molecule has 116 valence electrons. The van der Waals surface area contributed by atoms with Gasteiger partial charge in [0.05, 0.1) is 19.3 Å². The number of nitrogens with one attached hydrogen (secondary N) is 3. The fourth-order valence-electron chi connectivity index (χ4n) is 2.03. The molecule has 1 aliphatic heterocycles. The van der Waals surface area contributed by atoms with Crippen LogP contribution >= 0.6 is 12.4 Å². The Hall–Kier alpha value is -1.63. The zero-order valence-corrected chi connectivity index (χ0v) is 12.6. The summed E-state index contributed by atoms with van der Waals surface area (Å²) >= 11 is 0.